The molecule has 17 heavy (non-hydrogen) atoms. The molecule has 0 aliphatic carbocycles. The summed E-state index contributed by atoms with van der Waals surface area (Å²) in [5.41, 5.74) is 6.61. The Balaban J connectivity index is 1.73. The quantitative estimate of drug-likeness (QED) is 0.759. The van der Waals surface area contributed by atoms with Gasteiger partial charge in [0.2, 0.25) is 0 Å². The number of nitrogens with two attached hydrogens (primary N) is 1. The molecule has 1 aliphatic heterocycles. The first kappa shape index (κ1) is 12.5. The van der Waals surface area contributed by atoms with E-state index in [-0.39, 0.29) is 0 Å². The van der Waals surface area contributed by atoms with Crippen LogP contribution in [0.5, 0.6) is 0 Å². The zero-order chi connectivity index (χ0) is 12.1. The third-order valence-corrected chi connectivity index (χ3v) is 3.36. The highest BCUT2D eigenvalue weighted by Crippen LogP contribution is 2.01. The standard InChI is InChI=1S/C12H23N5/c1-15-4-6-16(7-5-15)8-9-17-10-12(2-3-13)14-11-17/h10-11H,2-9,13H2,1H3. The van der Waals surface area contributed by atoms with E-state index in [0.29, 0.717) is 6.54 Å². The molecule has 2 heterocycles. The van der Waals surface area contributed by atoms with E-state index in [2.05, 4.69) is 32.6 Å². The first-order chi connectivity index (χ1) is 8.28. The minimum absolute atomic E-state index is 0.676. The molecule has 0 spiro atoms. The summed E-state index contributed by atoms with van der Waals surface area (Å²) in [5, 5.41) is 0. The second kappa shape index (κ2) is 6.14. The van der Waals surface area contributed by atoms with Crippen molar-refractivity contribution in [2.45, 2.75) is 13.0 Å². The van der Waals surface area contributed by atoms with Crippen LogP contribution in [0.25, 0.3) is 0 Å². The van der Waals surface area contributed by atoms with Crippen LogP contribution in [-0.4, -0.2) is 65.7 Å². The van der Waals surface area contributed by atoms with Crippen LogP contribution in [0.4, 0.5) is 0 Å². The van der Waals surface area contributed by atoms with E-state index in [9.17, 15) is 0 Å². The summed E-state index contributed by atoms with van der Waals surface area (Å²) in [6, 6.07) is 0. The molecular weight excluding hydrogens is 214 g/mol. The van der Waals surface area contributed by atoms with Crippen molar-refractivity contribution in [1.82, 2.24) is 19.4 Å². The van der Waals surface area contributed by atoms with Gasteiger partial charge in [0.05, 0.1) is 12.0 Å². The van der Waals surface area contributed by atoms with Crippen LogP contribution in [-0.2, 0) is 13.0 Å². The fraction of sp³-hybridized carbons (Fsp3) is 0.750. The Kier molecular flexibility index (Phi) is 4.53. The number of nitrogens with zero attached hydrogens (tertiary/aromatic N) is 4. The Morgan fingerprint density at radius 2 is 2.00 bits per heavy atom. The Hall–Kier alpha value is -0.910. The average Bonchev–Trinajstić information content (AvgIpc) is 2.77. The van der Waals surface area contributed by atoms with E-state index in [0.717, 1.165) is 25.2 Å². The highest BCUT2D eigenvalue weighted by molar-refractivity contribution is 4.97. The number of piperazine rings is 1. The van der Waals surface area contributed by atoms with Gasteiger partial charge in [0.1, 0.15) is 0 Å². The number of aromatic nitrogens is 2. The smallest absolute Gasteiger partial charge is 0.0949 e. The van der Waals surface area contributed by atoms with Crippen LogP contribution in [0.15, 0.2) is 12.5 Å². The van der Waals surface area contributed by atoms with Crippen LogP contribution in [0.2, 0.25) is 0 Å². The van der Waals surface area contributed by atoms with Gasteiger partial charge in [-0.2, -0.15) is 0 Å². The van der Waals surface area contributed by atoms with Gasteiger partial charge in [-0.15, -0.1) is 0 Å². The zero-order valence-electron chi connectivity index (χ0n) is 10.7. The molecule has 1 saturated heterocycles. The van der Waals surface area contributed by atoms with Crippen molar-refractivity contribution in [3.8, 4) is 0 Å². The van der Waals surface area contributed by atoms with Crippen LogP contribution < -0.4 is 5.73 Å². The first-order valence-corrected chi connectivity index (χ1v) is 6.39. The molecule has 5 nitrogen and oxygen atoms in total. The molecule has 1 fully saturated rings. The number of imidazole rings is 1. The van der Waals surface area contributed by atoms with Crippen molar-refractivity contribution in [3.63, 3.8) is 0 Å². The second-order valence-electron chi connectivity index (χ2n) is 4.79. The van der Waals surface area contributed by atoms with Gasteiger partial charge in [-0.05, 0) is 13.6 Å². The number of rotatable bonds is 5. The van der Waals surface area contributed by atoms with Gasteiger partial charge in [-0.3, -0.25) is 4.90 Å². The summed E-state index contributed by atoms with van der Waals surface area (Å²) < 4.78 is 2.17. The van der Waals surface area contributed by atoms with Gasteiger partial charge in [0, 0.05) is 51.9 Å². The monoisotopic (exact) mass is 237 g/mol. The molecule has 1 aromatic heterocycles. The summed E-state index contributed by atoms with van der Waals surface area (Å²) in [7, 11) is 2.19. The van der Waals surface area contributed by atoms with Gasteiger partial charge in [0.15, 0.2) is 0 Å². The molecule has 0 bridgehead atoms. The lowest BCUT2D eigenvalue weighted by atomic mass is 10.3. The van der Waals surface area contributed by atoms with Gasteiger partial charge >= 0.3 is 0 Å². The van der Waals surface area contributed by atoms with Gasteiger partial charge in [0.25, 0.3) is 0 Å². The molecule has 1 aromatic rings. The molecule has 0 aromatic carbocycles. The molecule has 96 valence electrons. The maximum absolute atomic E-state index is 5.51. The molecular formula is C12H23N5. The van der Waals surface area contributed by atoms with Crippen molar-refractivity contribution >= 4 is 0 Å². The maximum atomic E-state index is 5.51. The minimum atomic E-state index is 0.676. The molecule has 5 heteroatoms. The molecule has 0 atom stereocenters. The molecule has 0 unspecified atom stereocenters. The Morgan fingerprint density at radius 1 is 1.24 bits per heavy atom. The second-order valence-corrected chi connectivity index (χ2v) is 4.79. The van der Waals surface area contributed by atoms with Gasteiger partial charge in [-0.25, -0.2) is 4.98 Å². The Morgan fingerprint density at radius 3 is 2.71 bits per heavy atom. The maximum Gasteiger partial charge on any atom is 0.0949 e. The lowest BCUT2D eigenvalue weighted by Gasteiger charge is -2.32. The van der Waals surface area contributed by atoms with E-state index >= 15 is 0 Å². The highest BCUT2D eigenvalue weighted by Gasteiger charge is 2.13. The molecule has 2 rings (SSSR count). The van der Waals surface area contributed by atoms with Crippen molar-refractivity contribution in [3.05, 3.63) is 18.2 Å². The van der Waals surface area contributed by atoms with E-state index < -0.39 is 0 Å². The summed E-state index contributed by atoms with van der Waals surface area (Å²) in [6.45, 7) is 7.55. The Bertz CT molecular complexity index is 327. The lowest BCUT2D eigenvalue weighted by Crippen LogP contribution is -2.45. The molecule has 0 radical (unpaired) electrons. The molecule has 0 amide bonds. The fourth-order valence-corrected chi connectivity index (χ4v) is 2.13. The summed E-state index contributed by atoms with van der Waals surface area (Å²) in [5.74, 6) is 0. The third-order valence-electron chi connectivity index (χ3n) is 3.36. The average molecular weight is 237 g/mol. The lowest BCUT2D eigenvalue weighted by molar-refractivity contribution is 0.150. The largest absolute Gasteiger partial charge is 0.336 e. The zero-order valence-corrected chi connectivity index (χ0v) is 10.7. The van der Waals surface area contributed by atoms with Gasteiger partial charge < -0.3 is 15.2 Å². The van der Waals surface area contributed by atoms with E-state index in [1.807, 2.05) is 6.33 Å². The van der Waals surface area contributed by atoms with Crippen molar-refractivity contribution in [2.75, 3.05) is 46.3 Å². The number of hydrogen-bond acceptors (Lipinski definition) is 4. The van der Waals surface area contributed by atoms with E-state index in [1.54, 1.807) is 0 Å². The SMILES string of the molecule is CN1CCN(CCn2cnc(CCN)c2)CC1. The normalized spacial score (nSPS) is 18.7. The summed E-state index contributed by atoms with van der Waals surface area (Å²) >= 11 is 0. The Labute approximate surface area is 103 Å². The highest BCUT2D eigenvalue weighted by atomic mass is 15.3. The molecule has 2 N–H and O–H groups in total. The van der Waals surface area contributed by atoms with Crippen LogP contribution in [0, 0.1) is 0 Å². The van der Waals surface area contributed by atoms with Crippen molar-refractivity contribution < 1.29 is 0 Å². The minimum Gasteiger partial charge on any atom is -0.336 e. The summed E-state index contributed by atoms with van der Waals surface area (Å²) in [6.07, 6.45) is 4.91. The first-order valence-electron chi connectivity index (χ1n) is 6.39. The number of likely N-dealkylation sites (N-methyl/N-ethyl adjacent to an activating group) is 1. The fourth-order valence-electron chi connectivity index (χ4n) is 2.13. The third kappa shape index (κ3) is 3.80. The predicted molar refractivity (Wildman–Crippen MR) is 68.9 cm³/mol. The number of hydrogen-bond donors (Lipinski definition) is 1. The van der Waals surface area contributed by atoms with E-state index in [1.165, 1.54) is 26.2 Å². The van der Waals surface area contributed by atoms with Crippen LogP contribution >= 0.6 is 0 Å². The van der Waals surface area contributed by atoms with Crippen LogP contribution in [0.1, 0.15) is 5.69 Å². The topological polar surface area (TPSA) is 50.3 Å². The molecule has 1 aliphatic rings. The van der Waals surface area contributed by atoms with Gasteiger partial charge in [-0.1, -0.05) is 0 Å². The predicted octanol–water partition coefficient (Wildman–Crippen LogP) is -0.368. The van der Waals surface area contributed by atoms with Crippen molar-refractivity contribution in [1.29, 1.82) is 0 Å². The molecule has 0 saturated carbocycles. The van der Waals surface area contributed by atoms with E-state index in [4.69, 9.17) is 5.73 Å². The van der Waals surface area contributed by atoms with Crippen molar-refractivity contribution in [2.24, 2.45) is 5.73 Å². The van der Waals surface area contributed by atoms with Crippen LogP contribution in [0.3, 0.4) is 0 Å². The summed E-state index contributed by atoms with van der Waals surface area (Å²) in [4.78, 5) is 9.24.